The topological polar surface area (TPSA) is 52.7 Å². The highest BCUT2D eigenvalue weighted by molar-refractivity contribution is 5.43. The Bertz CT molecular complexity index is 431. The first-order chi connectivity index (χ1) is 6.95. The molecule has 2 heterocycles. The average Bonchev–Trinajstić information content (AvgIpc) is 2.94. The number of para-hydroxylation sites is 1. The lowest BCUT2D eigenvalue weighted by Crippen LogP contribution is -1.99. The van der Waals surface area contributed by atoms with Crippen molar-refractivity contribution < 1.29 is 0 Å². The van der Waals surface area contributed by atoms with Gasteiger partial charge in [-0.2, -0.15) is 5.10 Å². The van der Waals surface area contributed by atoms with Gasteiger partial charge in [-0.25, -0.2) is 9.67 Å². The lowest BCUT2D eigenvalue weighted by atomic mass is 10.1. The van der Waals surface area contributed by atoms with Crippen molar-refractivity contribution in [3.05, 3.63) is 42.5 Å². The zero-order chi connectivity index (χ0) is 9.38. The number of nitrogens with zero attached hydrogens (tertiary/aromatic N) is 3. The molecule has 1 aromatic heterocycles. The molecule has 0 saturated carbocycles. The normalized spacial score (nSPS) is 19.6. The van der Waals surface area contributed by atoms with Crippen LogP contribution in [0.5, 0.6) is 0 Å². The van der Waals surface area contributed by atoms with E-state index in [0.29, 0.717) is 6.04 Å². The molecule has 1 aliphatic rings. The Labute approximate surface area is 81.6 Å². The first-order valence-corrected chi connectivity index (χ1v) is 4.62. The minimum absolute atomic E-state index is 0.496. The zero-order valence-electron chi connectivity index (χ0n) is 7.59. The summed E-state index contributed by atoms with van der Waals surface area (Å²) in [5, 5.41) is 7.43. The van der Waals surface area contributed by atoms with Crippen molar-refractivity contribution in [1.82, 2.24) is 20.1 Å². The maximum atomic E-state index is 4.14. The van der Waals surface area contributed by atoms with E-state index in [9.17, 15) is 0 Å². The molecule has 3 rings (SSSR count). The number of hydrogen-bond donors (Lipinski definition) is 1. The second-order valence-electron chi connectivity index (χ2n) is 3.36. The molecule has 0 amide bonds. The number of hydrogen-bond acceptors (Lipinski definition) is 3. The van der Waals surface area contributed by atoms with E-state index in [4.69, 9.17) is 0 Å². The Morgan fingerprint density at radius 1 is 1.36 bits per heavy atom. The molecule has 1 aliphatic heterocycles. The van der Waals surface area contributed by atoms with Crippen molar-refractivity contribution in [2.24, 2.45) is 0 Å². The summed E-state index contributed by atoms with van der Waals surface area (Å²) in [5.74, 6) is 0. The predicted octanol–water partition coefficient (Wildman–Crippen LogP) is 0.912. The van der Waals surface area contributed by atoms with Crippen LogP contribution >= 0.6 is 0 Å². The molecule has 0 bridgehead atoms. The predicted molar refractivity (Wildman–Crippen MR) is 52.1 cm³/mol. The zero-order valence-corrected chi connectivity index (χ0v) is 7.59. The summed E-state index contributed by atoms with van der Waals surface area (Å²) < 4.78 is 1.80. The van der Waals surface area contributed by atoms with Gasteiger partial charge in [-0.3, -0.25) is 0 Å². The molecule has 1 saturated heterocycles. The highest BCUT2D eigenvalue weighted by atomic mass is 15.3. The summed E-state index contributed by atoms with van der Waals surface area (Å²) in [6.45, 7) is 1.06. The van der Waals surface area contributed by atoms with Crippen molar-refractivity contribution in [2.75, 3.05) is 6.54 Å². The van der Waals surface area contributed by atoms with E-state index in [-0.39, 0.29) is 0 Å². The van der Waals surface area contributed by atoms with Gasteiger partial charge in [0.2, 0.25) is 0 Å². The Balaban J connectivity index is 2.12. The largest absolute Gasteiger partial charge is 0.307 e. The first-order valence-electron chi connectivity index (χ1n) is 4.62. The number of rotatable bonds is 2. The highest BCUT2D eigenvalue weighted by Crippen LogP contribution is 2.26. The lowest BCUT2D eigenvalue weighted by molar-refractivity contribution is 0.857. The van der Waals surface area contributed by atoms with E-state index in [0.717, 1.165) is 12.2 Å². The summed E-state index contributed by atoms with van der Waals surface area (Å²) in [6.07, 6.45) is 3.28. The Morgan fingerprint density at radius 3 is 2.93 bits per heavy atom. The molecule has 0 radical (unpaired) electrons. The summed E-state index contributed by atoms with van der Waals surface area (Å²) in [5.41, 5.74) is 2.40. The third-order valence-electron chi connectivity index (χ3n) is 2.39. The van der Waals surface area contributed by atoms with Crippen LogP contribution in [-0.2, 0) is 0 Å². The maximum Gasteiger partial charge on any atom is 0.138 e. The van der Waals surface area contributed by atoms with Crippen molar-refractivity contribution in [2.45, 2.75) is 6.04 Å². The van der Waals surface area contributed by atoms with Gasteiger partial charge < -0.3 is 5.32 Å². The van der Waals surface area contributed by atoms with Crippen LogP contribution in [0.3, 0.4) is 0 Å². The fourth-order valence-corrected chi connectivity index (χ4v) is 1.60. The molecule has 2 aromatic rings. The molecular formula is C10H10N4. The van der Waals surface area contributed by atoms with E-state index < -0.39 is 0 Å². The van der Waals surface area contributed by atoms with E-state index in [1.54, 1.807) is 17.3 Å². The van der Waals surface area contributed by atoms with Crippen molar-refractivity contribution in [1.29, 1.82) is 0 Å². The quantitative estimate of drug-likeness (QED) is 0.709. The molecule has 1 N–H and O–H groups in total. The molecule has 4 heteroatoms. The van der Waals surface area contributed by atoms with E-state index in [1.165, 1.54) is 5.56 Å². The fraction of sp³-hybridized carbons (Fsp3) is 0.200. The molecule has 4 nitrogen and oxygen atoms in total. The van der Waals surface area contributed by atoms with Crippen molar-refractivity contribution in [3.63, 3.8) is 0 Å². The summed E-state index contributed by atoms with van der Waals surface area (Å²) in [6, 6.07) is 8.75. The maximum absolute atomic E-state index is 4.14. The standard InChI is InChI=1S/C10H10N4/c1-2-4-10(14-7-11-6-13-14)8(3-1)9-5-12-9/h1-4,6-7,9,12H,5H2/t9-/m1/s1. The molecule has 14 heavy (non-hydrogen) atoms. The minimum atomic E-state index is 0.496. The van der Waals surface area contributed by atoms with Gasteiger partial charge in [0, 0.05) is 12.6 Å². The van der Waals surface area contributed by atoms with Crippen LogP contribution in [0.2, 0.25) is 0 Å². The van der Waals surface area contributed by atoms with Crippen LogP contribution in [0.25, 0.3) is 5.69 Å². The van der Waals surface area contributed by atoms with Gasteiger partial charge in [0.1, 0.15) is 12.7 Å². The SMILES string of the molecule is c1ccc(-n2cncn2)c([C@H]2CN2)c1. The fourth-order valence-electron chi connectivity index (χ4n) is 1.60. The van der Waals surface area contributed by atoms with E-state index >= 15 is 0 Å². The second-order valence-corrected chi connectivity index (χ2v) is 3.36. The van der Waals surface area contributed by atoms with E-state index in [2.05, 4.69) is 33.6 Å². The summed E-state index contributed by atoms with van der Waals surface area (Å²) >= 11 is 0. The number of nitrogens with one attached hydrogen (secondary N) is 1. The second kappa shape index (κ2) is 2.92. The average molecular weight is 186 g/mol. The van der Waals surface area contributed by atoms with Gasteiger partial charge in [0.25, 0.3) is 0 Å². The molecule has 0 aliphatic carbocycles. The Morgan fingerprint density at radius 2 is 2.21 bits per heavy atom. The molecule has 1 atom stereocenters. The van der Waals surface area contributed by atoms with Crippen molar-refractivity contribution in [3.8, 4) is 5.69 Å². The van der Waals surface area contributed by atoms with Gasteiger partial charge in [0.05, 0.1) is 5.69 Å². The van der Waals surface area contributed by atoms with Crippen LogP contribution < -0.4 is 5.32 Å². The van der Waals surface area contributed by atoms with Gasteiger partial charge in [-0.15, -0.1) is 0 Å². The molecule has 0 spiro atoms. The van der Waals surface area contributed by atoms with Crippen LogP contribution in [0.4, 0.5) is 0 Å². The summed E-state index contributed by atoms with van der Waals surface area (Å²) in [4.78, 5) is 3.95. The first kappa shape index (κ1) is 7.70. The highest BCUT2D eigenvalue weighted by Gasteiger charge is 2.25. The van der Waals surface area contributed by atoms with Gasteiger partial charge in [-0.1, -0.05) is 18.2 Å². The van der Waals surface area contributed by atoms with Crippen molar-refractivity contribution >= 4 is 0 Å². The Hall–Kier alpha value is -1.68. The molecule has 1 aromatic carbocycles. The monoisotopic (exact) mass is 186 g/mol. The number of aromatic nitrogens is 3. The lowest BCUT2D eigenvalue weighted by Gasteiger charge is -2.06. The molecule has 70 valence electrons. The third-order valence-corrected chi connectivity index (χ3v) is 2.39. The molecular weight excluding hydrogens is 176 g/mol. The number of benzene rings is 1. The molecule has 1 fully saturated rings. The van der Waals surface area contributed by atoms with Gasteiger partial charge in [0.15, 0.2) is 0 Å². The van der Waals surface area contributed by atoms with Crippen LogP contribution in [-0.4, -0.2) is 21.3 Å². The van der Waals surface area contributed by atoms with Crippen LogP contribution in [0.15, 0.2) is 36.9 Å². The van der Waals surface area contributed by atoms with E-state index in [1.807, 2.05) is 6.07 Å². The van der Waals surface area contributed by atoms with Crippen LogP contribution in [0, 0.1) is 0 Å². The van der Waals surface area contributed by atoms with Crippen LogP contribution in [0.1, 0.15) is 11.6 Å². The van der Waals surface area contributed by atoms with Gasteiger partial charge >= 0.3 is 0 Å². The smallest absolute Gasteiger partial charge is 0.138 e. The minimum Gasteiger partial charge on any atom is -0.307 e. The third kappa shape index (κ3) is 1.20. The molecule has 0 unspecified atom stereocenters. The summed E-state index contributed by atoms with van der Waals surface area (Å²) in [7, 11) is 0. The van der Waals surface area contributed by atoms with Gasteiger partial charge in [-0.05, 0) is 11.6 Å². The Kier molecular flexibility index (Phi) is 1.61.